The van der Waals surface area contributed by atoms with E-state index in [2.05, 4.69) is 160 Å². The molecule has 0 spiro atoms. The molecule has 0 aromatic heterocycles. The zero-order valence-corrected chi connectivity index (χ0v) is 70.6. The van der Waals surface area contributed by atoms with Gasteiger partial charge in [0.2, 0.25) is 0 Å². The number of hydrogen-bond acceptors (Lipinski definition) is 12. The third kappa shape index (κ3) is 21.2. The second-order valence-electron chi connectivity index (χ2n) is 30.9. The maximum absolute atomic E-state index is 10.2. The second kappa shape index (κ2) is 40.4. The van der Waals surface area contributed by atoms with Crippen LogP contribution in [0.4, 0.5) is 0 Å². The van der Waals surface area contributed by atoms with Gasteiger partial charge in [0, 0.05) is 37.6 Å². The molecule has 12 nitrogen and oxygen atoms in total. The molecule has 8 N–H and O–H groups in total. The van der Waals surface area contributed by atoms with Crippen molar-refractivity contribution in [2.24, 2.45) is 0 Å². The van der Waals surface area contributed by atoms with Gasteiger partial charge in [-0.3, -0.25) is 0 Å². The van der Waals surface area contributed by atoms with Crippen LogP contribution in [-0.4, -0.2) is 107 Å². The van der Waals surface area contributed by atoms with Crippen LogP contribution in [0.2, 0.25) is 5.02 Å². The molecule has 4 heterocycles. The van der Waals surface area contributed by atoms with Crippen molar-refractivity contribution in [3.8, 4) is 46.0 Å². The zero-order valence-electron chi connectivity index (χ0n) is 66.6. The van der Waals surface area contributed by atoms with Gasteiger partial charge in [-0.25, -0.2) is 0 Å². The first-order valence-corrected chi connectivity index (χ1v) is 42.7. The van der Waals surface area contributed by atoms with Crippen LogP contribution < -0.4 is 0 Å². The molecule has 12 aromatic rings. The van der Waals surface area contributed by atoms with Crippen LogP contribution in [0.5, 0.6) is 46.0 Å². The summed E-state index contributed by atoms with van der Waals surface area (Å²) in [4.78, 5) is 12.9. The quantitative estimate of drug-likeness (QED) is 0.0283. The molecular formula is C101H101ClN4O8S4. The fraction of sp³-hybridized carbons (Fsp3) is 0.248. The van der Waals surface area contributed by atoms with Crippen molar-refractivity contribution in [1.82, 2.24) is 19.6 Å². The number of aromatic hydroxyl groups is 8. The first-order valence-electron chi connectivity index (χ1n) is 40.7. The number of hydrogen-bond donors (Lipinski definition) is 8. The smallest absolute Gasteiger partial charge is 0.157 e. The summed E-state index contributed by atoms with van der Waals surface area (Å²) < 4.78 is 0. The van der Waals surface area contributed by atoms with Gasteiger partial charge in [-0.2, -0.15) is 0 Å². The maximum atomic E-state index is 10.2. The molecule has 4 aliphatic heterocycles. The van der Waals surface area contributed by atoms with Gasteiger partial charge < -0.3 is 60.5 Å². The van der Waals surface area contributed by atoms with Crippen molar-refractivity contribution >= 4 is 80.4 Å². The van der Waals surface area contributed by atoms with Gasteiger partial charge in [-0.1, -0.05) is 284 Å². The van der Waals surface area contributed by atoms with E-state index in [0.29, 0.717) is 0 Å². The van der Waals surface area contributed by atoms with Gasteiger partial charge in [-0.05, 0) is 253 Å². The molecule has 604 valence electrons. The van der Waals surface area contributed by atoms with E-state index in [0.717, 1.165) is 225 Å². The minimum Gasteiger partial charge on any atom is -0.504 e. The predicted octanol–water partition coefficient (Wildman–Crippen LogP) is 22.5. The molecule has 12 aromatic carbocycles. The largest absolute Gasteiger partial charge is 0.504 e. The number of phenols is 8. The number of fused-ring (bicyclic) bond motifs is 4. The summed E-state index contributed by atoms with van der Waals surface area (Å²) in [7, 11) is 0. The SMILES string of the molecule is Cc1ccc(CCCC(=S)N2CCc3cc(O)c(O)cc3C2c2ccccc2)c(Cl)c1.Cc1ccc(CCCC(=S)N2CCc3cc(O)c(O)cc3C2c2ccccc2)cc1.Oc1cc2c(cc1O)C(c1ccccc1)N(C(=S)CCCc1ccccc1)CC2.Oc1cc2c(cc1O)C(c1ccccc1)N(C(=S)CCc1ccccc1)CC2. The number of phenolic OH excluding ortho intramolecular Hbond substituents is 8. The van der Waals surface area contributed by atoms with E-state index >= 15 is 0 Å². The Balaban J connectivity index is 0.000000136. The molecule has 0 aliphatic carbocycles. The summed E-state index contributed by atoms with van der Waals surface area (Å²) in [6, 6.07) is 90.0. The first kappa shape index (κ1) is 84.8. The number of rotatable bonds is 19. The Kier molecular flexibility index (Phi) is 29.0. The lowest BCUT2D eigenvalue weighted by molar-refractivity contribution is 0.332. The van der Waals surface area contributed by atoms with Gasteiger partial charge in [-0.15, -0.1) is 0 Å². The number of benzene rings is 12. The van der Waals surface area contributed by atoms with E-state index in [1.807, 2.05) is 97.9 Å². The molecule has 0 radical (unpaired) electrons. The molecule has 0 saturated heterocycles. The average molecular weight is 1660 g/mol. The first-order chi connectivity index (χ1) is 57.2. The number of halogens is 1. The number of aryl methyl sites for hydroxylation is 6. The molecule has 0 fully saturated rings. The van der Waals surface area contributed by atoms with Crippen LogP contribution >= 0.6 is 60.5 Å². The van der Waals surface area contributed by atoms with Gasteiger partial charge >= 0.3 is 0 Å². The Hall–Kier alpha value is -11.1. The summed E-state index contributed by atoms with van der Waals surface area (Å²) in [6.07, 6.45) is 13.2. The lowest BCUT2D eigenvalue weighted by Crippen LogP contribution is -2.39. The fourth-order valence-electron chi connectivity index (χ4n) is 16.7. The summed E-state index contributed by atoms with van der Waals surface area (Å²) in [6.45, 7) is 7.33. The standard InChI is InChI=1S/C26H26ClNO2S.C26H27NO2S.C25H25NO2S.C24H23NO2S/c1-17-10-11-18(22(27)14-17)8-5-9-25(31)28-13-12-20-15-23(29)24(30)16-21(20)26(28)19-6-3-2-4-7-19;1-18-10-12-19(13-11-18)6-5-9-25(30)27-15-14-21-16-23(28)24(29)17-22(21)26(27)20-7-3-2-4-8-20;27-22-16-20-14-15-26(24(29)13-7-10-18-8-3-1-4-9-18)25(21(20)17-23(22)28)19-11-5-2-6-12-19;26-21-15-19-13-14-25(23(28)12-11-17-7-3-1-4-8-17)24(20(19)16-22(21)27)18-9-5-2-6-10-18/h2-4,6-7,10-11,14-16,26,29-30H,5,8-9,12-13H2,1H3;2-4,7-8,10-13,16-17,26,28-29H,5-6,9,14-15H2,1H3;1-6,8-9,11-12,16-17,25,27-28H,7,10,13-15H2;1-10,15-16,24,26-27H,11-14H2. The molecule has 16 rings (SSSR count). The molecular weight excluding hydrogens is 1560 g/mol. The summed E-state index contributed by atoms with van der Waals surface area (Å²) in [5.74, 6) is -0.604. The van der Waals surface area contributed by atoms with Crippen LogP contribution in [0.3, 0.4) is 0 Å². The Morgan fingerprint density at radius 3 is 0.847 bits per heavy atom. The van der Waals surface area contributed by atoms with Crippen molar-refractivity contribution in [2.75, 3.05) is 26.2 Å². The van der Waals surface area contributed by atoms with Crippen LogP contribution in [0, 0.1) is 13.8 Å². The lowest BCUT2D eigenvalue weighted by Gasteiger charge is -2.39. The number of nitrogens with zero attached hydrogens (tertiary/aromatic N) is 4. The zero-order chi connectivity index (χ0) is 82.8. The van der Waals surface area contributed by atoms with Crippen molar-refractivity contribution < 1.29 is 40.9 Å². The molecule has 4 unspecified atom stereocenters. The van der Waals surface area contributed by atoms with E-state index in [4.69, 9.17) is 60.5 Å². The highest BCUT2D eigenvalue weighted by Gasteiger charge is 2.36. The Morgan fingerprint density at radius 2 is 0.542 bits per heavy atom. The van der Waals surface area contributed by atoms with Crippen molar-refractivity contribution in [2.45, 2.75) is 134 Å². The third-order valence-corrected chi connectivity index (χ3v) is 24.9. The fourth-order valence-corrected chi connectivity index (χ4v) is 18.3. The topological polar surface area (TPSA) is 175 Å². The highest BCUT2D eigenvalue weighted by atomic mass is 35.5. The monoisotopic (exact) mass is 1660 g/mol. The van der Waals surface area contributed by atoms with E-state index < -0.39 is 0 Å². The average Bonchev–Trinajstić information content (AvgIpc) is 0.785. The highest BCUT2D eigenvalue weighted by molar-refractivity contribution is 7.80. The minimum absolute atomic E-state index is 0.0457. The predicted molar refractivity (Wildman–Crippen MR) is 492 cm³/mol. The van der Waals surface area contributed by atoms with Gasteiger partial charge in [0.25, 0.3) is 0 Å². The molecule has 118 heavy (non-hydrogen) atoms. The molecule has 17 heteroatoms. The van der Waals surface area contributed by atoms with Crippen molar-refractivity contribution in [1.29, 1.82) is 0 Å². The lowest BCUT2D eigenvalue weighted by atomic mass is 9.87. The van der Waals surface area contributed by atoms with Gasteiger partial charge in [0.15, 0.2) is 46.0 Å². The van der Waals surface area contributed by atoms with Crippen molar-refractivity contribution in [3.05, 3.63) is 378 Å². The maximum Gasteiger partial charge on any atom is 0.157 e. The second-order valence-corrected chi connectivity index (χ2v) is 33.2. The Bertz CT molecular complexity index is 5440. The normalized spacial score (nSPS) is 15.7. The minimum atomic E-state index is -0.0959. The number of thiocarbonyl (C=S) groups is 4. The van der Waals surface area contributed by atoms with E-state index in [9.17, 15) is 40.9 Å². The van der Waals surface area contributed by atoms with Crippen molar-refractivity contribution in [3.63, 3.8) is 0 Å². The van der Waals surface area contributed by atoms with E-state index in [-0.39, 0.29) is 70.2 Å². The molecule has 0 saturated carbocycles. The Morgan fingerprint density at radius 1 is 0.288 bits per heavy atom. The molecule has 0 amide bonds. The van der Waals surface area contributed by atoms with Gasteiger partial charge in [0.1, 0.15) is 0 Å². The van der Waals surface area contributed by atoms with Gasteiger partial charge in [0.05, 0.1) is 44.1 Å². The van der Waals surface area contributed by atoms with E-state index in [1.54, 1.807) is 48.5 Å². The molecule has 4 aliphatic rings. The van der Waals surface area contributed by atoms with Crippen LogP contribution in [0.15, 0.2) is 273 Å². The summed E-state index contributed by atoms with van der Waals surface area (Å²) >= 11 is 29.9. The molecule has 4 atom stereocenters. The third-order valence-electron chi connectivity index (χ3n) is 22.8. The van der Waals surface area contributed by atoms with Crippen LogP contribution in [0.25, 0.3) is 0 Å². The summed E-state index contributed by atoms with van der Waals surface area (Å²) in [5.41, 5.74) is 20.4. The highest BCUT2D eigenvalue weighted by Crippen LogP contribution is 2.46. The van der Waals surface area contributed by atoms with E-state index in [1.165, 1.54) is 22.3 Å². The van der Waals surface area contributed by atoms with Crippen LogP contribution in [-0.2, 0) is 51.4 Å². The molecule has 0 bridgehead atoms. The Labute approximate surface area is 720 Å². The van der Waals surface area contributed by atoms with Crippen LogP contribution in [0.1, 0.15) is 169 Å². The summed E-state index contributed by atoms with van der Waals surface area (Å²) in [5, 5.41) is 81.2.